The third kappa shape index (κ3) is 6.49. The maximum atomic E-state index is 8.77. The van der Waals surface area contributed by atoms with Gasteiger partial charge < -0.3 is 19.7 Å². The summed E-state index contributed by atoms with van der Waals surface area (Å²) in [7, 11) is 0. The maximum Gasteiger partial charge on any atom is 0.120 e. The molecular weight excluding hydrogens is 496 g/mol. The lowest BCUT2D eigenvalue weighted by Gasteiger charge is -2.10. The molecule has 0 aliphatic heterocycles. The quantitative estimate of drug-likeness (QED) is 0.212. The number of benzene rings is 6. The molecule has 0 fully saturated rings. The van der Waals surface area contributed by atoms with E-state index < -0.39 is 0 Å². The SMILES string of the molecule is OCCOc1cccc(-c2cccc(OCCO)c2)c1.c1ccc2c(-c3cccc4ccccc34)cccc2c1. The molecule has 0 saturated heterocycles. The number of aliphatic hydroxyl groups is 2. The highest BCUT2D eigenvalue weighted by molar-refractivity contribution is 6.05. The summed E-state index contributed by atoms with van der Waals surface area (Å²) in [4.78, 5) is 0. The highest BCUT2D eigenvalue weighted by atomic mass is 16.5. The van der Waals surface area contributed by atoms with E-state index >= 15 is 0 Å². The summed E-state index contributed by atoms with van der Waals surface area (Å²) in [5.41, 5.74) is 4.63. The Balaban J connectivity index is 0.000000161. The Bertz CT molecular complexity index is 1550. The lowest BCUT2D eigenvalue weighted by Crippen LogP contribution is -2.02. The first-order valence-electron chi connectivity index (χ1n) is 13.4. The summed E-state index contributed by atoms with van der Waals surface area (Å²) in [6, 6.07) is 45.5. The minimum absolute atomic E-state index is 0.00525. The van der Waals surface area contributed by atoms with E-state index in [1.165, 1.54) is 32.7 Å². The lowest BCUT2D eigenvalue weighted by atomic mass is 9.94. The van der Waals surface area contributed by atoms with Crippen molar-refractivity contribution in [2.24, 2.45) is 0 Å². The van der Waals surface area contributed by atoms with Crippen LogP contribution in [0.2, 0.25) is 0 Å². The van der Waals surface area contributed by atoms with Crippen molar-refractivity contribution in [3.63, 3.8) is 0 Å². The van der Waals surface area contributed by atoms with Crippen LogP contribution in [0.1, 0.15) is 0 Å². The number of rotatable bonds is 8. The molecule has 0 aliphatic carbocycles. The normalized spacial score (nSPS) is 10.7. The molecule has 0 amide bonds. The van der Waals surface area contributed by atoms with E-state index in [1.807, 2.05) is 48.5 Å². The zero-order valence-electron chi connectivity index (χ0n) is 22.2. The lowest BCUT2D eigenvalue weighted by molar-refractivity contribution is 0.201. The Morgan fingerprint density at radius 2 is 0.825 bits per heavy atom. The van der Waals surface area contributed by atoms with Gasteiger partial charge in [0.25, 0.3) is 0 Å². The Hall–Kier alpha value is -4.64. The summed E-state index contributed by atoms with van der Waals surface area (Å²) in [5, 5.41) is 22.7. The van der Waals surface area contributed by atoms with Gasteiger partial charge in [0.15, 0.2) is 0 Å². The molecule has 0 radical (unpaired) electrons. The molecular formula is C36H32O4. The van der Waals surface area contributed by atoms with E-state index in [0.717, 1.165) is 22.6 Å². The van der Waals surface area contributed by atoms with E-state index in [0.29, 0.717) is 0 Å². The monoisotopic (exact) mass is 528 g/mol. The van der Waals surface area contributed by atoms with Crippen molar-refractivity contribution in [3.05, 3.63) is 133 Å². The van der Waals surface area contributed by atoms with Gasteiger partial charge in [-0.05, 0) is 68.1 Å². The minimum Gasteiger partial charge on any atom is -0.491 e. The van der Waals surface area contributed by atoms with Crippen molar-refractivity contribution in [3.8, 4) is 33.8 Å². The van der Waals surface area contributed by atoms with Crippen LogP contribution >= 0.6 is 0 Å². The summed E-state index contributed by atoms with van der Waals surface area (Å²) in [6.07, 6.45) is 0. The Morgan fingerprint density at radius 1 is 0.425 bits per heavy atom. The fourth-order valence-electron chi connectivity index (χ4n) is 4.78. The predicted molar refractivity (Wildman–Crippen MR) is 164 cm³/mol. The van der Waals surface area contributed by atoms with Crippen molar-refractivity contribution < 1.29 is 19.7 Å². The summed E-state index contributed by atoms with van der Waals surface area (Å²) >= 11 is 0. The van der Waals surface area contributed by atoms with E-state index in [4.69, 9.17) is 19.7 Å². The molecule has 0 heterocycles. The molecule has 6 aromatic rings. The van der Waals surface area contributed by atoms with Crippen LogP contribution in [0, 0.1) is 0 Å². The highest BCUT2D eigenvalue weighted by Gasteiger charge is 2.07. The van der Waals surface area contributed by atoms with Crippen molar-refractivity contribution in [2.45, 2.75) is 0 Å². The van der Waals surface area contributed by atoms with Crippen molar-refractivity contribution >= 4 is 21.5 Å². The summed E-state index contributed by atoms with van der Waals surface area (Å²) < 4.78 is 10.8. The third-order valence-electron chi connectivity index (χ3n) is 6.59. The van der Waals surface area contributed by atoms with Gasteiger partial charge in [-0.2, -0.15) is 0 Å². The maximum absolute atomic E-state index is 8.77. The molecule has 6 aromatic carbocycles. The van der Waals surface area contributed by atoms with Crippen LogP contribution in [0.4, 0.5) is 0 Å². The first kappa shape index (κ1) is 26.9. The Kier molecular flexibility index (Phi) is 9.05. The molecule has 4 heteroatoms. The summed E-state index contributed by atoms with van der Waals surface area (Å²) in [5.74, 6) is 1.44. The van der Waals surface area contributed by atoms with Crippen molar-refractivity contribution in [1.29, 1.82) is 0 Å². The Morgan fingerprint density at radius 3 is 1.27 bits per heavy atom. The second-order valence-electron chi connectivity index (χ2n) is 9.25. The second-order valence-corrected chi connectivity index (χ2v) is 9.25. The Labute approximate surface area is 234 Å². The van der Waals surface area contributed by atoms with E-state index in [9.17, 15) is 0 Å². The van der Waals surface area contributed by atoms with Gasteiger partial charge in [0.2, 0.25) is 0 Å². The molecule has 0 unspecified atom stereocenters. The van der Waals surface area contributed by atoms with E-state index in [2.05, 4.69) is 84.9 Å². The molecule has 200 valence electrons. The summed E-state index contributed by atoms with van der Waals surface area (Å²) in [6.45, 7) is 0.551. The number of fused-ring (bicyclic) bond motifs is 2. The topological polar surface area (TPSA) is 58.9 Å². The van der Waals surface area contributed by atoms with Gasteiger partial charge in [-0.15, -0.1) is 0 Å². The van der Waals surface area contributed by atoms with Crippen LogP contribution in [0.15, 0.2) is 133 Å². The van der Waals surface area contributed by atoms with Gasteiger partial charge in [0.05, 0.1) is 13.2 Å². The van der Waals surface area contributed by atoms with Crippen LogP contribution in [0.3, 0.4) is 0 Å². The standard InChI is InChI=1S/C20H14.C16H18O4/c1-3-11-17-15(7-1)9-5-13-19(17)20-14-6-10-16-8-2-4-12-18(16)20;17-7-9-19-15-5-1-3-13(11-15)14-4-2-6-16(12-14)20-10-8-18/h1-14H;1-6,11-12,17-18H,7-10H2. The van der Waals surface area contributed by atoms with Crippen LogP contribution in [0.5, 0.6) is 11.5 Å². The molecule has 0 spiro atoms. The van der Waals surface area contributed by atoms with Gasteiger partial charge >= 0.3 is 0 Å². The van der Waals surface area contributed by atoms with Crippen LogP contribution in [-0.4, -0.2) is 36.6 Å². The van der Waals surface area contributed by atoms with Gasteiger partial charge in [-0.1, -0.05) is 109 Å². The average molecular weight is 529 g/mol. The first-order valence-corrected chi connectivity index (χ1v) is 13.4. The number of hydrogen-bond acceptors (Lipinski definition) is 4. The molecule has 6 rings (SSSR count). The van der Waals surface area contributed by atoms with Gasteiger partial charge in [0, 0.05) is 0 Å². The van der Waals surface area contributed by atoms with Crippen LogP contribution in [0.25, 0.3) is 43.8 Å². The molecule has 0 saturated carbocycles. The van der Waals surface area contributed by atoms with Crippen molar-refractivity contribution in [1.82, 2.24) is 0 Å². The van der Waals surface area contributed by atoms with Gasteiger partial charge in [-0.3, -0.25) is 0 Å². The smallest absolute Gasteiger partial charge is 0.120 e. The van der Waals surface area contributed by atoms with Crippen LogP contribution in [-0.2, 0) is 0 Å². The number of aliphatic hydroxyl groups excluding tert-OH is 2. The molecule has 40 heavy (non-hydrogen) atoms. The first-order chi connectivity index (χ1) is 19.8. The molecule has 4 nitrogen and oxygen atoms in total. The van der Waals surface area contributed by atoms with Crippen molar-refractivity contribution in [2.75, 3.05) is 26.4 Å². The average Bonchev–Trinajstić information content (AvgIpc) is 3.03. The zero-order chi connectivity index (χ0) is 27.6. The largest absolute Gasteiger partial charge is 0.491 e. The molecule has 0 aliphatic rings. The third-order valence-corrected chi connectivity index (χ3v) is 6.59. The van der Waals surface area contributed by atoms with Gasteiger partial charge in [0.1, 0.15) is 24.7 Å². The molecule has 0 aromatic heterocycles. The minimum atomic E-state index is -0.00525. The number of ether oxygens (including phenoxy) is 2. The van der Waals surface area contributed by atoms with Crippen LogP contribution < -0.4 is 9.47 Å². The van der Waals surface area contributed by atoms with Gasteiger partial charge in [-0.25, -0.2) is 0 Å². The fraction of sp³-hybridized carbons (Fsp3) is 0.111. The molecule has 0 bridgehead atoms. The second kappa shape index (κ2) is 13.4. The van der Waals surface area contributed by atoms with E-state index in [1.54, 1.807) is 0 Å². The fourth-order valence-corrected chi connectivity index (χ4v) is 4.78. The predicted octanol–water partition coefficient (Wildman–Crippen LogP) is 7.76. The molecule has 0 atom stereocenters. The number of hydrogen-bond donors (Lipinski definition) is 2. The zero-order valence-corrected chi connectivity index (χ0v) is 22.2. The molecule has 2 N–H and O–H groups in total. The van der Waals surface area contributed by atoms with E-state index in [-0.39, 0.29) is 26.4 Å². The highest BCUT2D eigenvalue weighted by Crippen LogP contribution is 2.33.